The van der Waals surface area contributed by atoms with E-state index in [9.17, 15) is 14.9 Å². The molecule has 1 N–H and O–H groups in total. The average molecular weight is 334 g/mol. The first-order valence-electron chi connectivity index (χ1n) is 6.87. The third-order valence-electron chi connectivity index (χ3n) is 3.25. The maximum Gasteiger partial charge on any atom is 0.293 e. The van der Waals surface area contributed by atoms with Gasteiger partial charge in [0, 0.05) is 37.3 Å². The smallest absolute Gasteiger partial charge is 0.293 e. The number of benzene rings is 2. The number of rotatable bonds is 5. The van der Waals surface area contributed by atoms with Gasteiger partial charge >= 0.3 is 0 Å². The Balaban J connectivity index is 2.10. The van der Waals surface area contributed by atoms with Crippen molar-refractivity contribution in [2.75, 3.05) is 19.4 Å². The molecule has 0 aliphatic rings. The number of nitro groups is 1. The molecule has 0 atom stereocenters. The summed E-state index contributed by atoms with van der Waals surface area (Å²) in [5, 5.41) is 14.4. The zero-order valence-corrected chi connectivity index (χ0v) is 13.5. The number of halogens is 1. The third kappa shape index (κ3) is 4.20. The standard InChI is InChI=1S/C16H16ClN3O3/c1-19(2)16(21)12-5-3-11(4-6-12)10-18-14-8-7-13(17)9-15(14)20(22)23/h3-9,18H,10H2,1-2H3. The van der Waals surface area contributed by atoms with E-state index in [0.717, 1.165) is 5.56 Å². The number of hydrogen-bond acceptors (Lipinski definition) is 4. The SMILES string of the molecule is CN(C)C(=O)c1ccc(CNc2ccc(Cl)cc2[N+](=O)[O-])cc1. The molecule has 0 spiro atoms. The van der Waals surface area contributed by atoms with Gasteiger partial charge in [0.15, 0.2) is 0 Å². The minimum Gasteiger partial charge on any atom is -0.375 e. The van der Waals surface area contributed by atoms with Gasteiger partial charge in [0.25, 0.3) is 11.6 Å². The number of anilines is 1. The second-order valence-corrected chi connectivity index (χ2v) is 5.61. The van der Waals surface area contributed by atoms with Crippen molar-refractivity contribution in [1.82, 2.24) is 4.90 Å². The summed E-state index contributed by atoms with van der Waals surface area (Å²) in [6, 6.07) is 11.6. The number of nitro benzene ring substituents is 1. The quantitative estimate of drug-likeness (QED) is 0.670. The van der Waals surface area contributed by atoms with Gasteiger partial charge in [-0.15, -0.1) is 0 Å². The van der Waals surface area contributed by atoms with E-state index in [0.29, 0.717) is 22.8 Å². The third-order valence-corrected chi connectivity index (χ3v) is 3.48. The lowest BCUT2D eigenvalue weighted by Gasteiger charge is -2.11. The van der Waals surface area contributed by atoms with Gasteiger partial charge in [0.2, 0.25) is 0 Å². The largest absolute Gasteiger partial charge is 0.375 e. The van der Waals surface area contributed by atoms with E-state index >= 15 is 0 Å². The van der Waals surface area contributed by atoms with Crippen LogP contribution in [0, 0.1) is 10.1 Å². The zero-order chi connectivity index (χ0) is 17.0. The van der Waals surface area contributed by atoms with Crippen LogP contribution in [0.3, 0.4) is 0 Å². The van der Waals surface area contributed by atoms with Crippen molar-refractivity contribution in [2.24, 2.45) is 0 Å². The number of hydrogen-bond donors (Lipinski definition) is 1. The first-order chi connectivity index (χ1) is 10.9. The Kier molecular flexibility index (Phi) is 5.18. The molecule has 6 nitrogen and oxygen atoms in total. The molecule has 0 radical (unpaired) electrons. The van der Waals surface area contributed by atoms with Crippen molar-refractivity contribution in [2.45, 2.75) is 6.54 Å². The van der Waals surface area contributed by atoms with E-state index in [-0.39, 0.29) is 11.6 Å². The molecule has 7 heteroatoms. The molecule has 0 fully saturated rings. The molecule has 0 aliphatic heterocycles. The van der Waals surface area contributed by atoms with Crippen LogP contribution in [0.2, 0.25) is 5.02 Å². The highest BCUT2D eigenvalue weighted by molar-refractivity contribution is 6.30. The molecule has 2 aromatic carbocycles. The maximum absolute atomic E-state index is 11.8. The second kappa shape index (κ2) is 7.11. The molecule has 0 aromatic heterocycles. The molecule has 0 unspecified atom stereocenters. The monoisotopic (exact) mass is 333 g/mol. The maximum atomic E-state index is 11.8. The van der Waals surface area contributed by atoms with Gasteiger partial charge in [-0.25, -0.2) is 0 Å². The highest BCUT2D eigenvalue weighted by atomic mass is 35.5. The summed E-state index contributed by atoms with van der Waals surface area (Å²) >= 11 is 5.78. The normalized spacial score (nSPS) is 10.2. The van der Waals surface area contributed by atoms with Crippen LogP contribution < -0.4 is 5.32 Å². The summed E-state index contributed by atoms with van der Waals surface area (Å²) in [6.45, 7) is 0.402. The summed E-state index contributed by atoms with van der Waals surface area (Å²) in [4.78, 5) is 23.9. The minimum atomic E-state index is -0.479. The second-order valence-electron chi connectivity index (χ2n) is 5.17. The molecule has 0 aliphatic carbocycles. The van der Waals surface area contributed by atoms with Gasteiger partial charge in [0.1, 0.15) is 5.69 Å². The van der Waals surface area contributed by atoms with Crippen molar-refractivity contribution in [1.29, 1.82) is 0 Å². The summed E-state index contributed by atoms with van der Waals surface area (Å²) in [5.74, 6) is -0.0714. The Hall–Kier alpha value is -2.60. The number of nitrogens with zero attached hydrogens (tertiary/aromatic N) is 2. The minimum absolute atomic E-state index is 0.0714. The van der Waals surface area contributed by atoms with E-state index in [1.807, 2.05) is 12.1 Å². The lowest BCUT2D eigenvalue weighted by atomic mass is 10.1. The first-order valence-corrected chi connectivity index (χ1v) is 7.24. The summed E-state index contributed by atoms with van der Waals surface area (Å²) in [7, 11) is 3.38. The van der Waals surface area contributed by atoms with Gasteiger partial charge in [-0.1, -0.05) is 23.7 Å². The fourth-order valence-corrected chi connectivity index (χ4v) is 2.19. The van der Waals surface area contributed by atoms with E-state index in [1.54, 1.807) is 38.4 Å². The molecular formula is C16H16ClN3O3. The molecule has 2 aromatic rings. The molecule has 23 heavy (non-hydrogen) atoms. The molecule has 2 rings (SSSR count). The highest BCUT2D eigenvalue weighted by Gasteiger charge is 2.14. The van der Waals surface area contributed by atoms with Crippen molar-refractivity contribution in [3.63, 3.8) is 0 Å². The van der Waals surface area contributed by atoms with Crippen LogP contribution in [-0.2, 0) is 6.54 Å². The molecule has 0 heterocycles. The highest BCUT2D eigenvalue weighted by Crippen LogP contribution is 2.28. The van der Waals surface area contributed by atoms with Crippen LogP contribution in [0.5, 0.6) is 0 Å². The van der Waals surface area contributed by atoms with E-state index in [1.165, 1.54) is 11.0 Å². The van der Waals surface area contributed by atoms with Gasteiger partial charge in [0.05, 0.1) is 4.92 Å². The Morgan fingerprint density at radius 3 is 2.43 bits per heavy atom. The fourth-order valence-electron chi connectivity index (χ4n) is 2.03. The number of carbonyl (C=O) groups is 1. The van der Waals surface area contributed by atoms with Gasteiger partial charge in [-0.3, -0.25) is 14.9 Å². The van der Waals surface area contributed by atoms with Crippen LogP contribution in [0.1, 0.15) is 15.9 Å². The van der Waals surface area contributed by atoms with E-state index < -0.39 is 4.92 Å². The van der Waals surface area contributed by atoms with Crippen LogP contribution in [0.4, 0.5) is 11.4 Å². The Morgan fingerprint density at radius 1 is 1.22 bits per heavy atom. The number of carbonyl (C=O) groups excluding carboxylic acids is 1. The van der Waals surface area contributed by atoms with Crippen molar-refractivity contribution in [3.8, 4) is 0 Å². The molecule has 1 amide bonds. The zero-order valence-electron chi connectivity index (χ0n) is 12.7. The van der Waals surface area contributed by atoms with Crippen LogP contribution in [0.25, 0.3) is 0 Å². The van der Waals surface area contributed by atoms with Crippen LogP contribution >= 0.6 is 11.6 Å². The lowest BCUT2D eigenvalue weighted by Crippen LogP contribution is -2.21. The van der Waals surface area contributed by atoms with Crippen molar-refractivity contribution in [3.05, 3.63) is 68.7 Å². The van der Waals surface area contributed by atoms with E-state index in [4.69, 9.17) is 11.6 Å². The predicted octanol–water partition coefficient (Wildman–Crippen LogP) is 3.56. The van der Waals surface area contributed by atoms with Crippen molar-refractivity contribution < 1.29 is 9.72 Å². The van der Waals surface area contributed by atoms with Crippen molar-refractivity contribution >= 4 is 28.9 Å². The molecule has 0 saturated heterocycles. The Labute approximate surface area is 138 Å². The van der Waals surface area contributed by atoms with Gasteiger partial charge in [-0.2, -0.15) is 0 Å². The summed E-state index contributed by atoms with van der Waals surface area (Å²) in [5.41, 5.74) is 1.82. The van der Waals surface area contributed by atoms with Gasteiger partial charge < -0.3 is 10.2 Å². The lowest BCUT2D eigenvalue weighted by molar-refractivity contribution is -0.383. The number of amides is 1. The molecule has 0 saturated carbocycles. The van der Waals surface area contributed by atoms with Crippen LogP contribution in [-0.4, -0.2) is 29.8 Å². The van der Waals surface area contributed by atoms with Gasteiger partial charge in [-0.05, 0) is 29.8 Å². The first kappa shape index (κ1) is 16.8. The summed E-state index contributed by atoms with van der Waals surface area (Å²) < 4.78 is 0. The summed E-state index contributed by atoms with van der Waals surface area (Å²) in [6.07, 6.45) is 0. The molecular weight excluding hydrogens is 318 g/mol. The Bertz CT molecular complexity index is 730. The van der Waals surface area contributed by atoms with Crippen LogP contribution in [0.15, 0.2) is 42.5 Å². The van der Waals surface area contributed by atoms with E-state index in [2.05, 4.69) is 5.32 Å². The predicted molar refractivity (Wildman–Crippen MR) is 89.9 cm³/mol. The topological polar surface area (TPSA) is 75.5 Å². The number of nitrogens with one attached hydrogen (secondary N) is 1. The fraction of sp³-hybridized carbons (Fsp3) is 0.188. The molecule has 0 bridgehead atoms. The Morgan fingerprint density at radius 2 is 1.87 bits per heavy atom. The average Bonchev–Trinajstić information content (AvgIpc) is 2.53. The molecule has 120 valence electrons.